The fraction of sp³-hybridized carbons (Fsp3) is 0.846. The highest BCUT2D eigenvalue weighted by Gasteiger charge is 2.35. The molecule has 0 radical (unpaired) electrons. The Morgan fingerprint density at radius 3 is 2.50 bits per heavy atom. The lowest BCUT2D eigenvalue weighted by Crippen LogP contribution is -2.13. The molecule has 3 unspecified atom stereocenters. The van der Waals surface area contributed by atoms with Gasteiger partial charge in [-0.1, -0.05) is 19.1 Å². The molecule has 3 atom stereocenters. The first-order chi connectivity index (χ1) is 6.61. The molecule has 0 saturated heterocycles. The van der Waals surface area contributed by atoms with Crippen LogP contribution in [-0.4, -0.2) is 24.0 Å². The predicted molar refractivity (Wildman–Crippen MR) is 68.3 cm³/mol. The molecule has 2 aliphatic carbocycles. The molecule has 0 N–H and O–H groups in total. The van der Waals surface area contributed by atoms with Crippen LogP contribution in [0.1, 0.15) is 26.2 Å². The molecule has 1 fully saturated rings. The lowest BCUT2D eigenvalue weighted by Gasteiger charge is -2.32. The van der Waals surface area contributed by atoms with Gasteiger partial charge < -0.3 is 0 Å². The predicted octanol–water partition coefficient (Wildman–Crippen LogP) is 3.67. The minimum atomic E-state index is -0.248. The molecule has 0 aromatic rings. The summed E-state index contributed by atoms with van der Waals surface area (Å²) in [5.41, 5.74) is 0. The summed E-state index contributed by atoms with van der Waals surface area (Å²) in [6.45, 7) is 2.36. The van der Waals surface area contributed by atoms with E-state index >= 15 is 0 Å². The molecule has 2 rings (SSSR count). The lowest BCUT2D eigenvalue weighted by molar-refractivity contribution is 0.437. The van der Waals surface area contributed by atoms with Crippen LogP contribution in [0, 0.1) is 17.8 Å². The average molecular weight is 212 g/mol. The molecular weight excluding hydrogens is 188 g/mol. The Balaban J connectivity index is 1.80. The van der Waals surface area contributed by atoms with Crippen molar-refractivity contribution in [3.05, 3.63) is 12.2 Å². The maximum Gasteiger partial charge on any atom is -0.0199 e. The zero-order chi connectivity index (χ0) is 10.2. The van der Waals surface area contributed by atoms with E-state index in [1.54, 1.807) is 0 Å². The van der Waals surface area contributed by atoms with Crippen LogP contribution in [0.5, 0.6) is 0 Å². The highest BCUT2D eigenvalue weighted by atomic mass is 32.3. The topological polar surface area (TPSA) is 0 Å². The highest BCUT2D eigenvalue weighted by molar-refractivity contribution is 8.32. The average Bonchev–Trinajstić information content (AvgIpc) is 2.76. The molecule has 0 aromatic heterocycles. The third-order valence-electron chi connectivity index (χ3n) is 4.24. The van der Waals surface area contributed by atoms with E-state index < -0.39 is 0 Å². The summed E-state index contributed by atoms with van der Waals surface area (Å²) in [7, 11) is -0.248. The smallest absolute Gasteiger partial charge is 0.0199 e. The molecule has 2 aliphatic rings. The van der Waals surface area contributed by atoms with Crippen molar-refractivity contribution < 1.29 is 0 Å². The van der Waals surface area contributed by atoms with Crippen LogP contribution < -0.4 is 0 Å². The van der Waals surface area contributed by atoms with Gasteiger partial charge in [0.05, 0.1) is 0 Å². The Morgan fingerprint density at radius 2 is 2.00 bits per heavy atom. The highest BCUT2D eigenvalue weighted by Crippen LogP contribution is 2.48. The van der Waals surface area contributed by atoms with Crippen LogP contribution in [0.2, 0.25) is 0 Å². The van der Waals surface area contributed by atoms with Gasteiger partial charge in [-0.2, -0.15) is 0 Å². The molecule has 82 valence electrons. The molecule has 0 aromatic carbocycles. The van der Waals surface area contributed by atoms with Gasteiger partial charge >= 0.3 is 0 Å². The van der Waals surface area contributed by atoms with Crippen LogP contribution in [0.4, 0.5) is 0 Å². The SMILES string of the molecule is CCS(C)(C)CCC1CC2C=CC1C2. The quantitative estimate of drug-likeness (QED) is 0.624. The minimum absolute atomic E-state index is 0.248. The van der Waals surface area contributed by atoms with E-state index in [9.17, 15) is 0 Å². The van der Waals surface area contributed by atoms with Gasteiger partial charge in [0.2, 0.25) is 0 Å². The molecule has 0 nitrogen and oxygen atoms in total. The van der Waals surface area contributed by atoms with Crippen molar-refractivity contribution >= 4 is 10.0 Å². The maximum absolute atomic E-state index is 2.50. The maximum atomic E-state index is 2.50. The summed E-state index contributed by atoms with van der Waals surface area (Å²) in [5.74, 6) is 5.88. The van der Waals surface area contributed by atoms with E-state index in [4.69, 9.17) is 0 Å². The van der Waals surface area contributed by atoms with Gasteiger partial charge in [-0.3, -0.25) is 0 Å². The van der Waals surface area contributed by atoms with Gasteiger partial charge in [-0.05, 0) is 61.0 Å². The van der Waals surface area contributed by atoms with Crippen LogP contribution in [0.3, 0.4) is 0 Å². The molecule has 14 heavy (non-hydrogen) atoms. The Morgan fingerprint density at radius 1 is 1.21 bits per heavy atom. The zero-order valence-electron chi connectivity index (χ0n) is 9.83. The van der Waals surface area contributed by atoms with E-state index in [0.29, 0.717) is 0 Å². The Bertz CT molecular complexity index is 229. The molecule has 1 saturated carbocycles. The van der Waals surface area contributed by atoms with Gasteiger partial charge in [0.25, 0.3) is 0 Å². The molecule has 0 aliphatic heterocycles. The van der Waals surface area contributed by atoms with Crippen LogP contribution in [0.15, 0.2) is 12.2 Å². The third-order valence-corrected chi connectivity index (χ3v) is 7.14. The summed E-state index contributed by atoms with van der Waals surface area (Å²) in [6, 6.07) is 0. The molecule has 2 bridgehead atoms. The van der Waals surface area contributed by atoms with E-state index in [1.807, 2.05) is 0 Å². The molecule has 1 heteroatoms. The van der Waals surface area contributed by atoms with Gasteiger partial charge in [-0.25, -0.2) is 10.0 Å². The van der Waals surface area contributed by atoms with Crippen LogP contribution >= 0.6 is 10.0 Å². The zero-order valence-corrected chi connectivity index (χ0v) is 10.6. The van der Waals surface area contributed by atoms with E-state index in [2.05, 4.69) is 31.6 Å². The summed E-state index contributed by atoms with van der Waals surface area (Å²) in [4.78, 5) is 0. The van der Waals surface area contributed by atoms with Crippen molar-refractivity contribution in [2.45, 2.75) is 26.2 Å². The van der Waals surface area contributed by atoms with Crippen molar-refractivity contribution in [1.29, 1.82) is 0 Å². The van der Waals surface area contributed by atoms with Gasteiger partial charge in [0.15, 0.2) is 0 Å². The van der Waals surface area contributed by atoms with E-state index in [-0.39, 0.29) is 10.0 Å². The first-order valence-corrected chi connectivity index (χ1v) is 8.76. The molecule has 0 spiro atoms. The first-order valence-electron chi connectivity index (χ1n) is 5.98. The second kappa shape index (κ2) is 3.92. The van der Waals surface area contributed by atoms with E-state index in [0.717, 1.165) is 17.8 Å². The summed E-state index contributed by atoms with van der Waals surface area (Å²) >= 11 is 0. The Kier molecular flexibility index (Phi) is 2.97. The Labute approximate surface area is 90.5 Å². The summed E-state index contributed by atoms with van der Waals surface area (Å²) in [5, 5.41) is 0. The largest absolute Gasteiger partial charge is 0.247 e. The second-order valence-electron chi connectivity index (χ2n) is 5.59. The minimum Gasteiger partial charge on any atom is -0.247 e. The summed E-state index contributed by atoms with van der Waals surface area (Å²) < 4.78 is 0. The summed E-state index contributed by atoms with van der Waals surface area (Å²) in [6.07, 6.45) is 14.4. The molecule has 0 heterocycles. The number of hydrogen-bond acceptors (Lipinski definition) is 0. The Hall–Kier alpha value is 0.0900. The van der Waals surface area contributed by atoms with Crippen LogP contribution in [0.25, 0.3) is 0 Å². The fourth-order valence-corrected chi connectivity index (χ4v) is 4.07. The van der Waals surface area contributed by atoms with Gasteiger partial charge in [0, 0.05) is 0 Å². The normalized spacial score (nSPS) is 36.6. The standard InChI is InChI=1S/C13H24S/c1-4-14(2,3)8-7-13-10-11-5-6-12(13)9-11/h5-6,11-13H,4,7-10H2,1-3H3. The van der Waals surface area contributed by atoms with E-state index in [1.165, 1.54) is 30.8 Å². The second-order valence-corrected chi connectivity index (χ2v) is 10.1. The van der Waals surface area contributed by atoms with Crippen molar-refractivity contribution in [2.24, 2.45) is 17.8 Å². The molecule has 0 amide bonds. The third kappa shape index (κ3) is 2.18. The molecular formula is C13H24S. The van der Waals surface area contributed by atoms with Crippen molar-refractivity contribution in [3.8, 4) is 0 Å². The number of fused-ring (bicyclic) bond motifs is 2. The first kappa shape index (κ1) is 10.6. The number of rotatable bonds is 4. The number of allylic oxidation sites excluding steroid dienone is 2. The van der Waals surface area contributed by atoms with Crippen molar-refractivity contribution in [3.63, 3.8) is 0 Å². The van der Waals surface area contributed by atoms with Crippen molar-refractivity contribution in [2.75, 3.05) is 24.0 Å². The van der Waals surface area contributed by atoms with Gasteiger partial charge in [-0.15, -0.1) is 0 Å². The monoisotopic (exact) mass is 212 g/mol. The lowest BCUT2D eigenvalue weighted by atomic mass is 9.91. The van der Waals surface area contributed by atoms with Gasteiger partial charge in [0.1, 0.15) is 0 Å². The fourth-order valence-electron chi connectivity index (χ4n) is 2.84. The van der Waals surface area contributed by atoms with Crippen molar-refractivity contribution in [1.82, 2.24) is 0 Å². The number of hydrogen-bond donors (Lipinski definition) is 0. The van der Waals surface area contributed by atoms with Crippen LogP contribution in [-0.2, 0) is 0 Å².